The molecule has 0 unspecified atom stereocenters. The molecule has 0 radical (unpaired) electrons. The Morgan fingerprint density at radius 1 is 1.15 bits per heavy atom. The molecule has 7 nitrogen and oxygen atoms in total. The van der Waals surface area contributed by atoms with Crippen molar-refractivity contribution in [2.75, 3.05) is 50.6 Å². The van der Waals surface area contributed by atoms with E-state index in [1.54, 1.807) is 7.11 Å². The number of piperazine rings is 1. The van der Waals surface area contributed by atoms with Crippen LogP contribution in [0.4, 0.5) is 11.5 Å². The highest BCUT2D eigenvalue weighted by Crippen LogP contribution is 2.15. The van der Waals surface area contributed by atoms with Crippen LogP contribution < -0.4 is 20.7 Å². The highest BCUT2D eigenvalue weighted by Gasteiger charge is 2.14. The molecule has 1 aliphatic heterocycles. The summed E-state index contributed by atoms with van der Waals surface area (Å²) in [4.78, 5) is 13.6. The summed E-state index contributed by atoms with van der Waals surface area (Å²) in [6.45, 7) is 4.66. The molecule has 0 spiro atoms. The summed E-state index contributed by atoms with van der Waals surface area (Å²) in [6, 6.07) is 11.7. The zero-order valence-electron chi connectivity index (χ0n) is 15.4. The normalized spacial score (nSPS) is 15.8. The van der Waals surface area contributed by atoms with Crippen LogP contribution in [0.3, 0.4) is 0 Å². The molecule has 2 heterocycles. The highest BCUT2D eigenvalue weighted by molar-refractivity contribution is 5.92. The minimum Gasteiger partial charge on any atom is -0.497 e. The molecule has 0 amide bonds. The van der Waals surface area contributed by atoms with Crippen LogP contribution in [0.5, 0.6) is 5.75 Å². The van der Waals surface area contributed by atoms with Gasteiger partial charge in [-0.2, -0.15) is 0 Å². The van der Waals surface area contributed by atoms with E-state index in [1.807, 2.05) is 30.5 Å². The highest BCUT2D eigenvalue weighted by atomic mass is 16.5. The molecule has 1 saturated heterocycles. The molecule has 0 saturated carbocycles. The number of pyridine rings is 1. The Morgan fingerprint density at radius 2 is 1.88 bits per heavy atom. The van der Waals surface area contributed by atoms with E-state index in [9.17, 15) is 0 Å². The second kappa shape index (κ2) is 8.53. The number of hydrogen-bond donors (Lipinski definition) is 2. The number of aliphatic imine (C=N–C) groups is 1. The molecule has 0 bridgehead atoms. The topological polar surface area (TPSA) is 79.0 Å². The van der Waals surface area contributed by atoms with Crippen molar-refractivity contribution in [3.05, 3.63) is 48.2 Å². The number of anilines is 2. The number of aromatic nitrogens is 1. The maximum Gasteiger partial charge on any atom is 0.193 e. The molecule has 26 heavy (non-hydrogen) atoms. The fourth-order valence-electron chi connectivity index (χ4n) is 2.77. The molecule has 1 aromatic carbocycles. The van der Waals surface area contributed by atoms with E-state index in [1.165, 1.54) is 0 Å². The first-order chi connectivity index (χ1) is 12.6. The zero-order valence-corrected chi connectivity index (χ0v) is 15.4. The van der Waals surface area contributed by atoms with Gasteiger partial charge in [0.1, 0.15) is 11.6 Å². The van der Waals surface area contributed by atoms with Crippen molar-refractivity contribution in [3.63, 3.8) is 0 Å². The summed E-state index contributed by atoms with van der Waals surface area (Å²) in [5.74, 6) is 2.20. The number of methoxy groups -OCH3 is 1. The van der Waals surface area contributed by atoms with Crippen LogP contribution in [0.15, 0.2) is 47.6 Å². The number of nitrogens with two attached hydrogens (primary N) is 1. The molecule has 0 atom stereocenters. The zero-order chi connectivity index (χ0) is 18.4. The summed E-state index contributed by atoms with van der Waals surface area (Å²) >= 11 is 0. The fourth-order valence-corrected chi connectivity index (χ4v) is 2.77. The van der Waals surface area contributed by atoms with E-state index in [0.29, 0.717) is 12.5 Å². The Labute approximate surface area is 154 Å². The van der Waals surface area contributed by atoms with Gasteiger partial charge in [0.05, 0.1) is 13.7 Å². The van der Waals surface area contributed by atoms with Crippen molar-refractivity contribution >= 4 is 17.5 Å². The van der Waals surface area contributed by atoms with Crippen LogP contribution in [0.1, 0.15) is 5.56 Å². The second-order valence-electron chi connectivity index (χ2n) is 6.37. The van der Waals surface area contributed by atoms with Gasteiger partial charge in [0.25, 0.3) is 0 Å². The lowest BCUT2D eigenvalue weighted by Crippen LogP contribution is -2.44. The van der Waals surface area contributed by atoms with E-state index in [0.717, 1.165) is 49.0 Å². The van der Waals surface area contributed by atoms with Crippen LogP contribution >= 0.6 is 0 Å². The number of guanidine groups is 1. The van der Waals surface area contributed by atoms with Crippen LogP contribution in [-0.4, -0.2) is 56.2 Å². The quantitative estimate of drug-likeness (QED) is 0.629. The first-order valence-electron chi connectivity index (χ1n) is 8.73. The molecule has 2 aromatic rings. The molecule has 1 aliphatic rings. The van der Waals surface area contributed by atoms with E-state index < -0.39 is 0 Å². The molecule has 3 rings (SSSR count). The Kier molecular flexibility index (Phi) is 5.91. The average Bonchev–Trinajstić information content (AvgIpc) is 2.68. The molecular formula is C19H26N6O. The van der Waals surface area contributed by atoms with Gasteiger partial charge >= 0.3 is 0 Å². The minimum absolute atomic E-state index is 0.373. The van der Waals surface area contributed by atoms with Crippen molar-refractivity contribution in [3.8, 4) is 5.75 Å². The molecule has 1 aromatic heterocycles. The first kappa shape index (κ1) is 18.0. The second-order valence-corrected chi connectivity index (χ2v) is 6.37. The number of hydrogen-bond acceptors (Lipinski definition) is 5. The number of benzene rings is 1. The third-order valence-corrected chi connectivity index (χ3v) is 4.43. The van der Waals surface area contributed by atoms with E-state index in [-0.39, 0.29) is 0 Å². The molecule has 1 fully saturated rings. The van der Waals surface area contributed by atoms with Gasteiger partial charge in [-0.05, 0) is 42.9 Å². The van der Waals surface area contributed by atoms with Crippen LogP contribution in [0.2, 0.25) is 0 Å². The van der Waals surface area contributed by atoms with Crippen LogP contribution in [0, 0.1) is 0 Å². The van der Waals surface area contributed by atoms with E-state index in [4.69, 9.17) is 10.5 Å². The third kappa shape index (κ3) is 4.86. The molecule has 0 aliphatic carbocycles. The van der Waals surface area contributed by atoms with Crippen molar-refractivity contribution in [2.45, 2.75) is 6.54 Å². The van der Waals surface area contributed by atoms with Crippen molar-refractivity contribution in [1.82, 2.24) is 9.88 Å². The fraction of sp³-hybridized carbons (Fsp3) is 0.368. The minimum atomic E-state index is 0.373. The maximum atomic E-state index is 5.96. The van der Waals surface area contributed by atoms with Crippen molar-refractivity contribution in [2.24, 2.45) is 10.7 Å². The van der Waals surface area contributed by atoms with Gasteiger partial charge in [-0.3, -0.25) is 0 Å². The Hall–Kier alpha value is -2.80. The van der Waals surface area contributed by atoms with Gasteiger partial charge in [-0.15, -0.1) is 0 Å². The number of nitrogens with zero attached hydrogens (tertiary/aromatic N) is 4. The SMILES string of the molecule is COc1ccc(NC(N)=NCc2ccc(N3CCN(C)CC3)nc2)cc1. The van der Waals surface area contributed by atoms with Gasteiger partial charge in [0, 0.05) is 38.1 Å². The largest absolute Gasteiger partial charge is 0.497 e. The van der Waals surface area contributed by atoms with E-state index in [2.05, 4.69) is 44.3 Å². The molecule has 7 heteroatoms. The monoisotopic (exact) mass is 354 g/mol. The van der Waals surface area contributed by atoms with Crippen LogP contribution in [0.25, 0.3) is 0 Å². The number of rotatable bonds is 5. The standard InChI is InChI=1S/C19H26N6O/c1-24-9-11-25(12-10-24)18-8-3-15(13-21-18)14-22-19(20)23-16-4-6-17(26-2)7-5-16/h3-8,13H,9-12,14H2,1-2H3,(H3,20,22,23). The Bertz CT molecular complexity index is 721. The lowest BCUT2D eigenvalue weighted by atomic mass is 10.2. The van der Waals surface area contributed by atoms with Gasteiger partial charge in [0.15, 0.2) is 5.96 Å². The third-order valence-electron chi connectivity index (χ3n) is 4.43. The maximum absolute atomic E-state index is 5.96. The van der Waals surface area contributed by atoms with Crippen molar-refractivity contribution in [1.29, 1.82) is 0 Å². The predicted octanol–water partition coefficient (Wildman–Crippen LogP) is 1.77. The predicted molar refractivity (Wildman–Crippen MR) is 106 cm³/mol. The van der Waals surface area contributed by atoms with Gasteiger partial charge in [-0.1, -0.05) is 6.07 Å². The summed E-state index contributed by atoms with van der Waals surface area (Å²) in [5, 5.41) is 3.07. The Balaban J connectivity index is 1.53. The van der Waals surface area contributed by atoms with E-state index >= 15 is 0 Å². The summed E-state index contributed by atoms with van der Waals surface area (Å²) in [7, 11) is 3.79. The first-order valence-corrected chi connectivity index (χ1v) is 8.73. The van der Waals surface area contributed by atoms with Crippen LogP contribution in [-0.2, 0) is 6.54 Å². The summed E-state index contributed by atoms with van der Waals surface area (Å²) < 4.78 is 5.14. The Morgan fingerprint density at radius 3 is 2.50 bits per heavy atom. The van der Waals surface area contributed by atoms with Gasteiger partial charge in [0.2, 0.25) is 0 Å². The van der Waals surface area contributed by atoms with Gasteiger partial charge in [-0.25, -0.2) is 9.98 Å². The van der Waals surface area contributed by atoms with Crippen molar-refractivity contribution < 1.29 is 4.74 Å². The smallest absolute Gasteiger partial charge is 0.193 e. The summed E-state index contributed by atoms with van der Waals surface area (Å²) in [6.07, 6.45) is 1.87. The molecule has 3 N–H and O–H groups in total. The lowest BCUT2D eigenvalue weighted by Gasteiger charge is -2.33. The molecule has 138 valence electrons. The number of likely N-dealkylation sites (N-methyl/N-ethyl adjacent to an activating group) is 1. The summed E-state index contributed by atoms with van der Waals surface area (Å²) in [5.41, 5.74) is 7.86. The molecular weight excluding hydrogens is 328 g/mol. The lowest BCUT2D eigenvalue weighted by molar-refractivity contribution is 0.312. The average molecular weight is 354 g/mol. The number of ether oxygens (including phenoxy) is 1. The van der Waals surface area contributed by atoms with Gasteiger partial charge < -0.3 is 25.6 Å². The number of nitrogens with one attached hydrogen (secondary N) is 1.